The number of hydrogen-bond acceptors (Lipinski definition) is 4. The molecule has 1 atom stereocenters. The number of carbonyl (C=O) groups excluding carboxylic acids is 1. The molecular formula is C15H13ClN2O3S. The number of nitro groups is 1. The second-order valence-electron chi connectivity index (χ2n) is 4.51. The molecule has 0 fully saturated rings. The Hall–Kier alpha value is -2.05. The summed E-state index contributed by atoms with van der Waals surface area (Å²) in [6, 6.07) is 13.0. The van der Waals surface area contributed by atoms with E-state index in [2.05, 4.69) is 5.32 Å². The Balaban J connectivity index is 1.97. The first-order chi connectivity index (χ1) is 10.5. The Morgan fingerprint density at radius 1 is 1.27 bits per heavy atom. The number of rotatable bonds is 5. The number of nitro benzene ring substituents is 1. The van der Waals surface area contributed by atoms with Gasteiger partial charge in [-0.2, -0.15) is 0 Å². The number of carbonyl (C=O) groups is 1. The number of thioether (sulfide) groups is 1. The molecule has 5 nitrogen and oxygen atoms in total. The van der Waals surface area contributed by atoms with Crippen LogP contribution in [-0.2, 0) is 4.79 Å². The van der Waals surface area contributed by atoms with E-state index in [0.717, 1.165) is 4.90 Å². The van der Waals surface area contributed by atoms with E-state index in [9.17, 15) is 14.9 Å². The monoisotopic (exact) mass is 336 g/mol. The first kappa shape index (κ1) is 16.3. The van der Waals surface area contributed by atoms with Gasteiger partial charge in [0.25, 0.3) is 5.69 Å². The molecule has 0 aliphatic rings. The van der Waals surface area contributed by atoms with Gasteiger partial charge in [0.05, 0.1) is 10.2 Å². The molecule has 0 saturated carbocycles. The van der Waals surface area contributed by atoms with Crippen molar-refractivity contribution < 1.29 is 9.72 Å². The second-order valence-corrected chi connectivity index (χ2v) is 6.36. The average Bonchev–Trinajstić information content (AvgIpc) is 2.47. The maximum atomic E-state index is 12.1. The van der Waals surface area contributed by atoms with Gasteiger partial charge in [-0.25, -0.2) is 0 Å². The van der Waals surface area contributed by atoms with Crippen LogP contribution < -0.4 is 5.32 Å². The topological polar surface area (TPSA) is 72.2 Å². The van der Waals surface area contributed by atoms with Crippen molar-refractivity contribution in [3.05, 3.63) is 63.7 Å². The average molecular weight is 337 g/mol. The summed E-state index contributed by atoms with van der Waals surface area (Å²) in [5.41, 5.74) is 0.661. The number of nitrogens with zero attached hydrogens (tertiary/aromatic N) is 1. The fraction of sp³-hybridized carbons (Fsp3) is 0.133. The van der Waals surface area contributed by atoms with E-state index in [1.165, 1.54) is 23.9 Å². The van der Waals surface area contributed by atoms with Crippen molar-refractivity contribution in [1.82, 2.24) is 0 Å². The van der Waals surface area contributed by atoms with E-state index in [-0.39, 0.29) is 16.8 Å². The second kappa shape index (κ2) is 7.29. The Bertz CT molecular complexity index is 691. The van der Waals surface area contributed by atoms with E-state index in [1.807, 2.05) is 0 Å². The minimum Gasteiger partial charge on any atom is -0.325 e. The summed E-state index contributed by atoms with van der Waals surface area (Å²) in [7, 11) is 0. The number of nitrogens with one attached hydrogen (secondary N) is 1. The predicted molar refractivity (Wildman–Crippen MR) is 88.5 cm³/mol. The van der Waals surface area contributed by atoms with Gasteiger partial charge in [-0.15, -0.1) is 11.8 Å². The Labute approximate surface area is 136 Å². The number of amides is 1. The quantitative estimate of drug-likeness (QED) is 0.500. The van der Waals surface area contributed by atoms with Crippen LogP contribution in [-0.4, -0.2) is 16.1 Å². The van der Waals surface area contributed by atoms with E-state index in [4.69, 9.17) is 11.6 Å². The summed E-state index contributed by atoms with van der Waals surface area (Å²) in [5, 5.41) is 13.6. The van der Waals surface area contributed by atoms with Gasteiger partial charge in [-0.1, -0.05) is 17.7 Å². The van der Waals surface area contributed by atoms with E-state index >= 15 is 0 Å². The van der Waals surface area contributed by atoms with Crippen molar-refractivity contribution in [2.45, 2.75) is 17.1 Å². The number of benzene rings is 2. The van der Waals surface area contributed by atoms with E-state index in [1.54, 1.807) is 43.3 Å². The van der Waals surface area contributed by atoms with Gasteiger partial charge in [0.1, 0.15) is 0 Å². The third kappa shape index (κ3) is 4.47. The van der Waals surface area contributed by atoms with Crippen molar-refractivity contribution in [1.29, 1.82) is 0 Å². The molecule has 0 saturated heterocycles. The molecule has 0 radical (unpaired) electrons. The van der Waals surface area contributed by atoms with Crippen molar-refractivity contribution in [2.24, 2.45) is 0 Å². The molecule has 2 aromatic rings. The number of hydrogen-bond donors (Lipinski definition) is 1. The van der Waals surface area contributed by atoms with Crippen LogP contribution in [0.15, 0.2) is 53.4 Å². The van der Waals surface area contributed by atoms with Crippen LogP contribution in [0.25, 0.3) is 0 Å². The summed E-state index contributed by atoms with van der Waals surface area (Å²) < 4.78 is 0. The highest BCUT2D eigenvalue weighted by molar-refractivity contribution is 8.00. The van der Waals surface area contributed by atoms with E-state index < -0.39 is 4.92 Å². The first-order valence-electron chi connectivity index (χ1n) is 6.43. The number of non-ortho nitro benzene ring substituents is 1. The molecule has 114 valence electrons. The third-order valence-electron chi connectivity index (χ3n) is 2.82. The van der Waals surface area contributed by atoms with Crippen LogP contribution in [0.5, 0.6) is 0 Å². The molecule has 2 rings (SSSR count). The first-order valence-corrected chi connectivity index (χ1v) is 7.69. The summed E-state index contributed by atoms with van der Waals surface area (Å²) in [5.74, 6) is -0.161. The zero-order chi connectivity index (χ0) is 16.1. The van der Waals surface area contributed by atoms with Crippen LogP contribution in [0.1, 0.15) is 6.92 Å². The van der Waals surface area contributed by atoms with Crippen LogP contribution >= 0.6 is 23.4 Å². The third-order valence-corrected chi connectivity index (χ3v) is 4.17. The minimum atomic E-state index is -0.455. The Morgan fingerprint density at radius 3 is 2.55 bits per heavy atom. The van der Waals surface area contributed by atoms with Gasteiger partial charge >= 0.3 is 0 Å². The number of halogens is 1. The molecule has 1 amide bonds. The maximum Gasteiger partial charge on any atom is 0.269 e. The Kier molecular flexibility index (Phi) is 5.41. The standard InChI is InChI=1S/C15H13ClN2O3S/c1-10(15(19)17-12-4-2-3-11(16)9-12)22-14-7-5-13(6-8-14)18(20)21/h2-10H,1H3,(H,17,19). The zero-order valence-electron chi connectivity index (χ0n) is 11.7. The lowest BCUT2D eigenvalue weighted by Gasteiger charge is -2.12. The van der Waals surface area contributed by atoms with Gasteiger partial charge < -0.3 is 5.32 Å². The summed E-state index contributed by atoms with van der Waals surface area (Å²) >= 11 is 7.19. The molecular weight excluding hydrogens is 324 g/mol. The van der Waals surface area contributed by atoms with E-state index in [0.29, 0.717) is 10.7 Å². The van der Waals surface area contributed by atoms with Crippen LogP contribution in [0.2, 0.25) is 5.02 Å². The van der Waals surface area contributed by atoms with Crippen LogP contribution in [0.3, 0.4) is 0 Å². The Morgan fingerprint density at radius 2 is 1.95 bits per heavy atom. The van der Waals surface area contributed by atoms with Gasteiger partial charge in [0, 0.05) is 27.7 Å². The van der Waals surface area contributed by atoms with Gasteiger partial charge in [-0.05, 0) is 37.3 Å². The smallest absolute Gasteiger partial charge is 0.269 e. The fourth-order valence-corrected chi connectivity index (χ4v) is 2.77. The van der Waals surface area contributed by atoms with Crippen molar-refractivity contribution in [3.63, 3.8) is 0 Å². The predicted octanol–water partition coefficient (Wildman–Crippen LogP) is 4.37. The lowest BCUT2D eigenvalue weighted by molar-refractivity contribution is -0.384. The molecule has 0 aromatic heterocycles. The van der Waals surface area contributed by atoms with Crippen molar-refractivity contribution in [2.75, 3.05) is 5.32 Å². The van der Waals surface area contributed by atoms with Gasteiger partial charge in [0.15, 0.2) is 0 Å². The van der Waals surface area contributed by atoms with Gasteiger partial charge in [-0.3, -0.25) is 14.9 Å². The number of anilines is 1. The highest BCUT2D eigenvalue weighted by atomic mass is 35.5. The molecule has 0 spiro atoms. The molecule has 1 N–H and O–H groups in total. The van der Waals surface area contributed by atoms with Crippen LogP contribution in [0.4, 0.5) is 11.4 Å². The minimum absolute atomic E-state index is 0.0281. The summed E-state index contributed by atoms with van der Waals surface area (Å²) in [6.07, 6.45) is 0. The molecule has 0 heterocycles. The van der Waals surface area contributed by atoms with Gasteiger partial charge in [0.2, 0.25) is 5.91 Å². The van der Waals surface area contributed by atoms with Crippen LogP contribution in [0, 0.1) is 10.1 Å². The maximum absolute atomic E-state index is 12.1. The normalized spacial score (nSPS) is 11.7. The summed E-state index contributed by atoms with van der Waals surface area (Å²) in [4.78, 5) is 23.1. The molecule has 2 aromatic carbocycles. The molecule has 1 unspecified atom stereocenters. The largest absolute Gasteiger partial charge is 0.325 e. The molecule has 0 aliphatic heterocycles. The fourth-order valence-electron chi connectivity index (χ4n) is 1.71. The molecule has 7 heteroatoms. The highest BCUT2D eigenvalue weighted by Gasteiger charge is 2.15. The lowest BCUT2D eigenvalue weighted by Crippen LogP contribution is -2.22. The SMILES string of the molecule is CC(Sc1ccc([N+](=O)[O-])cc1)C(=O)Nc1cccc(Cl)c1. The highest BCUT2D eigenvalue weighted by Crippen LogP contribution is 2.26. The molecule has 0 bridgehead atoms. The van der Waals surface area contributed by atoms with Crippen molar-refractivity contribution >= 4 is 40.6 Å². The summed E-state index contributed by atoms with van der Waals surface area (Å²) in [6.45, 7) is 1.77. The lowest BCUT2D eigenvalue weighted by atomic mass is 10.3. The molecule has 22 heavy (non-hydrogen) atoms. The molecule has 0 aliphatic carbocycles. The zero-order valence-corrected chi connectivity index (χ0v) is 13.2. The van der Waals surface area contributed by atoms with Crippen molar-refractivity contribution in [3.8, 4) is 0 Å².